The molecular formula is C11H15N3O2. The third-order valence-corrected chi connectivity index (χ3v) is 2.92. The zero-order valence-corrected chi connectivity index (χ0v) is 9.26. The van der Waals surface area contributed by atoms with Crippen molar-refractivity contribution in [3.63, 3.8) is 0 Å². The van der Waals surface area contributed by atoms with Crippen LogP contribution < -0.4 is 4.90 Å². The number of rotatable bonds is 2. The largest absolute Gasteiger partial charge is 0.390 e. The van der Waals surface area contributed by atoms with Gasteiger partial charge in [-0.2, -0.15) is 0 Å². The second-order valence-corrected chi connectivity index (χ2v) is 4.42. The summed E-state index contributed by atoms with van der Waals surface area (Å²) in [7, 11) is 0. The van der Waals surface area contributed by atoms with E-state index >= 15 is 0 Å². The van der Waals surface area contributed by atoms with E-state index in [4.69, 9.17) is 0 Å². The Bertz CT molecular complexity index is 365. The molecule has 0 spiro atoms. The van der Waals surface area contributed by atoms with Gasteiger partial charge in [-0.1, -0.05) is 0 Å². The van der Waals surface area contributed by atoms with Crippen LogP contribution in [-0.4, -0.2) is 40.1 Å². The third-order valence-electron chi connectivity index (χ3n) is 2.92. The Hall–Kier alpha value is -1.49. The van der Waals surface area contributed by atoms with Crippen LogP contribution in [0.3, 0.4) is 0 Å². The van der Waals surface area contributed by atoms with Crippen molar-refractivity contribution in [1.82, 2.24) is 9.97 Å². The van der Waals surface area contributed by atoms with Gasteiger partial charge in [0.2, 0.25) is 5.95 Å². The standard InChI is InChI=1S/C11H15N3O2/c1-11(16)2-4-14(5-3-11)10-12-6-9(8-15)7-13-10/h6-8,16H,2-5H2,1H3. The lowest BCUT2D eigenvalue weighted by molar-refractivity contribution is 0.0349. The molecule has 0 amide bonds. The molecule has 1 saturated heterocycles. The third kappa shape index (κ3) is 2.36. The predicted octanol–water partition coefficient (Wildman–Crippen LogP) is 0.640. The monoisotopic (exact) mass is 221 g/mol. The molecule has 86 valence electrons. The molecule has 2 heterocycles. The van der Waals surface area contributed by atoms with Crippen molar-refractivity contribution < 1.29 is 9.90 Å². The number of anilines is 1. The average molecular weight is 221 g/mol. The smallest absolute Gasteiger partial charge is 0.225 e. The molecule has 0 saturated carbocycles. The predicted molar refractivity (Wildman–Crippen MR) is 59.5 cm³/mol. The number of piperidine rings is 1. The van der Waals surface area contributed by atoms with Crippen molar-refractivity contribution in [2.45, 2.75) is 25.4 Å². The Morgan fingerprint density at radius 2 is 1.94 bits per heavy atom. The number of carbonyl (C=O) groups is 1. The van der Waals surface area contributed by atoms with E-state index in [0.29, 0.717) is 24.4 Å². The number of nitrogens with zero attached hydrogens (tertiary/aromatic N) is 3. The minimum Gasteiger partial charge on any atom is -0.390 e. The van der Waals surface area contributed by atoms with Crippen molar-refractivity contribution >= 4 is 12.2 Å². The summed E-state index contributed by atoms with van der Waals surface area (Å²) in [5.41, 5.74) is -0.0908. The fourth-order valence-corrected chi connectivity index (χ4v) is 1.74. The van der Waals surface area contributed by atoms with Gasteiger partial charge in [0.05, 0.1) is 11.2 Å². The number of aromatic nitrogens is 2. The second-order valence-electron chi connectivity index (χ2n) is 4.42. The first-order valence-electron chi connectivity index (χ1n) is 5.35. The normalized spacial score (nSPS) is 19.5. The fourth-order valence-electron chi connectivity index (χ4n) is 1.74. The van der Waals surface area contributed by atoms with Gasteiger partial charge in [-0.15, -0.1) is 0 Å². The Balaban J connectivity index is 2.05. The Morgan fingerprint density at radius 1 is 1.38 bits per heavy atom. The van der Waals surface area contributed by atoms with E-state index in [1.54, 1.807) is 0 Å². The minimum atomic E-state index is -0.570. The Labute approximate surface area is 94.1 Å². The molecule has 2 rings (SSSR count). The molecule has 0 radical (unpaired) electrons. The zero-order valence-electron chi connectivity index (χ0n) is 9.26. The van der Waals surface area contributed by atoms with Crippen LogP contribution in [0.5, 0.6) is 0 Å². The summed E-state index contributed by atoms with van der Waals surface area (Å²) in [6.45, 7) is 3.33. The summed E-state index contributed by atoms with van der Waals surface area (Å²) in [6.07, 6.45) is 5.19. The molecule has 5 heteroatoms. The van der Waals surface area contributed by atoms with Crippen LogP contribution in [0.4, 0.5) is 5.95 Å². The summed E-state index contributed by atoms with van der Waals surface area (Å²) in [5.74, 6) is 0.626. The van der Waals surface area contributed by atoms with Crippen molar-refractivity contribution in [2.75, 3.05) is 18.0 Å². The van der Waals surface area contributed by atoms with Crippen molar-refractivity contribution in [3.8, 4) is 0 Å². The highest BCUT2D eigenvalue weighted by molar-refractivity contribution is 5.73. The van der Waals surface area contributed by atoms with E-state index in [0.717, 1.165) is 19.4 Å². The second kappa shape index (κ2) is 4.17. The molecule has 1 fully saturated rings. The van der Waals surface area contributed by atoms with Crippen LogP contribution in [-0.2, 0) is 0 Å². The summed E-state index contributed by atoms with van der Waals surface area (Å²) in [5, 5.41) is 9.81. The maximum Gasteiger partial charge on any atom is 0.225 e. The molecule has 1 aromatic heterocycles. The van der Waals surface area contributed by atoms with E-state index in [1.165, 1.54) is 12.4 Å². The van der Waals surface area contributed by atoms with Crippen LogP contribution >= 0.6 is 0 Å². The van der Waals surface area contributed by atoms with Crippen LogP contribution in [0.2, 0.25) is 0 Å². The lowest BCUT2D eigenvalue weighted by atomic mass is 9.94. The maximum absolute atomic E-state index is 10.5. The molecule has 16 heavy (non-hydrogen) atoms. The molecule has 1 aromatic rings. The van der Waals surface area contributed by atoms with Gasteiger partial charge in [-0.3, -0.25) is 4.79 Å². The highest BCUT2D eigenvalue weighted by atomic mass is 16.3. The minimum absolute atomic E-state index is 0.479. The van der Waals surface area contributed by atoms with E-state index in [9.17, 15) is 9.90 Å². The lowest BCUT2D eigenvalue weighted by Gasteiger charge is -2.35. The first-order valence-corrected chi connectivity index (χ1v) is 5.35. The van der Waals surface area contributed by atoms with E-state index in [2.05, 4.69) is 9.97 Å². The summed E-state index contributed by atoms with van der Waals surface area (Å²) < 4.78 is 0. The summed E-state index contributed by atoms with van der Waals surface area (Å²) in [6, 6.07) is 0. The van der Waals surface area contributed by atoms with Crippen LogP contribution in [0.15, 0.2) is 12.4 Å². The van der Waals surface area contributed by atoms with E-state index in [-0.39, 0.29) is 0 Å². The molecule has 5 nitrogen and oxygen atoms in total. The highest BCUT2D eigenvalue weighted by Crippen LogP contribution is 2.23. The van der Waals surface area contributed by atoms with Gasteiger partial charge in [0.15, 0.2) is 6.29 Å². The van der Waals surface area contributed by atoms with Gasteiger partial charge in [-0.05, 0) is 19.8 Å². The van der Waals surface area contributed by atoms with E-state index < -0.39 is 5.60 Å². The molecule has 0 aromatic carbocycles. The van der Waals surface area contributed by atoms with Crippen molar-refractivity contribution in [2.24, 2.45) is 0 Å². The van der Waals surface area contributed by atoms with Crippen molar-refractivity contribution in [1.29, 1.82) is 0 Å². The lowest BCUT2D eigenvalue weighted by Crippen LogP contribution is -2.43. The summed E-state index contributed by atoms with van der Waals surface area (Å²) in [4.78, 5) is 20.7. The van der Waals surface area contributed by atoms with Crippen LogP contribution in [0.25, 0.3) is 0 Å². The number of aliphatic hydroxyl groups is 1. The van der Waals surface area contributed by atoms with Gasteiger partial charge in [0.25, 0.3) is 0 Å². The quantitative estimate of drug-likeness (QED) is 0.742. The number of hydrogen-bond acceptors (Lipinski definition) is 5. The highest BCUT2D eigenvalue weighted by Gasteiger charge is 2.28. The molecule has 1 aliphatic rings. The summed E-state index contributed by atoms with van der Waals surface area (Å²) >= 11 is 0. The number of aldehydes is 1. The van der Waals surface area contributed by atoms with Gasteiger partial charge >= 0.3 is 0 Å². The molecule has 0 aliphatic carbocycles. The SMILES string of the molecule is CC1(O)CCN(c2ncc(C=O)cn2)CC1. The Morgan fingerprint density at radius 3 is 2.44 bits per heavy atom. The maximum atomic E-state index is 10.5. The molecular weight excluding hydrogens is 206 g/mol. The van der Waals surface area contributed by atoms with Crippen LogP contribution in [0.1, 0.15) is 30.1 Å². The molecule has 0 bridgehead atoms. The first kappa shape index (κ1) is 11.0. The fraction of sp³-hybridized carbons (Fsp3) is 0.545. The number of carbonyl (C=O) groups excluding carboxylic acids is 1. The van der Waals surface area contributed by atoms with Gasteiger partial charge < -0.3 is 10.0 Å². The molecule has 0 atom stereocenters. The Kier molecular flexibility index (Phi) is 2.87. The van der Waals surface area contributed by atoms with E-state index in [1.807, 2.05) is 11.8 Å². The van der Waals surface area contributed by atoms with Gasteiger partial charge in [-0.25, -0.2) is 9.97 Å². The van der Waals surface area contributed by atoms with Gasteiger partial charge in [0.1, 0.15) is 0 Å². The van der Waals surface area contributed by atoms with Gasteiger partial charge in [0, 0.05) is 25.5 Å². The first-order chi connectivity index (χ1) is 7.61. The molecule has 1 N–H and O–H groups in total. The van der Waals surface area contributed by atoms with Crippen LogP contribution in [0, 0.1) is 0 Å². The topological polar surface area (TPSA) is 66.3 Å². The van der Waals surface area contributed by atoms with Crippen molar-refractivity contribution in [3.05, 3.63) is 18.0 Å². The zero-order chi connectivity index (χ0) is 11.6. The average Bonchev–Trinajstić information content (AvgIpc) is 2.29. The molecule has 1 aliphatic heterocycles. The number of hydrogen-bond donors (Lipinski definition) is 1. The molecule has 0 unspecified atom stereocenters.